The van der Waals surface area contributed by atoms with Gasteiger partial charge in [0.25, 0.3) is 5.91 Å². The first-order valence-electron chi connectivity index (χ1n) is 7.31. The summed E-state index contributed by atoms with van der Waals surface area (Å²) in [6, 6.07) is 7.48. The molecule has 1 amide bonds. The molecule has 116 valence electrons. The van der Waals surface area contributed by atoms with Crippen LogP contribution in [0, 0.1) is 6.92 Å². The predicted octanol–water partition coefficient (Wildman–Crippen LogP) is 1.82. The molecule has 1 N–H and O–H groups in total. The molecular weight excluding hydrogens is 282 g/mol. The Bertz CT molecular complexity index is 674. The van der Waals surface area contributed by atoms with E-state index >= 15 is 0 Å². The highest BCUT2D eigenvalue weighted by atomic mass is 16.5. The molecule has 22 heavy (non-hydrogen) atoms. The van der Waals surface area contributed by atoms with Gasteiger partial charge in [0.05, 0.1) is 13.2 Å². The van der Waals surface area contributed by atoms with Crippen LogP contribution < -0.4 is 14.8 Å². The summed E-state index contributed by atoms with van der Waals surface area (Å²) in [5, 5.41) is 7.03. The van der Waals surface area contributed by atoms with Crippen LogP contribution in [-0.2, 0) is 13.6 Å². The Morgan fingerprint density at radius 3 is 2.77 bits per heavy atom. The van der Waals surface area contributed by atoms with Gasteiger partial charge in [-0.2, -0.15) is 5.10 Å². The van der Waals surface area contributed by atoms with Crippen LogP contribution in [-0.4, -0.2) is 28.9 Å². The molecule has 0 saturated heterocycles. The largest absolute Gasteiger partial charge is 0.490 e. The second-order valence-corrected chi connectivity index (χ2v) is 5.31. The number of amides is 1. The molecule has 3 rings (SSSR count). The van der Waals surface area contributed by atoms with E-state index < -0.39 is 0 Å². The lowest BCUT2D eigenvalue weighted by Gasteiger charge is -2.09. The SMILES string of the molecule is Cc1cc(C(=O)NCc2ccc3c(c2)OCCCO3)nn1C. The molecule has 1 aromatic heterocycles. The third-order valence-electron chi connectivity index (χ3n) is 3.61. The fourth-order valence-corrected chi connectivity index (χ4v) is 2.26. The fraction of sp³-hybridized carbons (Fsp3) is 0.375. The van der Waals surface area contributed by atoms with Crippen molar-refractivity contribution in [2.45, 2.75) is 19.9 Å². The topological polar surface area (TPSA) is 65.4 Å². The molecule has 0 atom stereocenters. The van der Waals surface area contributed by atoms with Crippen molar-refractivity contribution in [1.29, 1.82) is 0 Å². The van der Waals surface area contributed by atoms with Crippen LogP contribution in [0.3, 0.4) is 0 Å². The van der Waals surface area contributed by atoms with Gasteiger partial charge in [0, 0.05) is 25.7 Å². The van der Waals surface area contributed by atoms with Crippen molar-refractivity contribution in [1.82, 2.24) is 15.1 Å². The second kappa shape index (κ2) is 6.09. The lowest BCUT2D eigenvalue weighted by Crippen LogP contribution is -2.23. The molecule has 6 nitrogen and oxygen atoms in total. The summed E-state index contributed by atoms with van der Waals surface area (Å²) in [7, 11) is 1.82. The van der Waals surface area contributed by atoms with Crippen LogP contribution in [0.15, 0.2) is 24.3 Å². The molecule has 0 unspecified atom stereocenters. The van der Waals surface area contributed by atoms with Gasteiger partial charge in [0.2, 0.25) is 0 Å². The van der Waals surface area contributed by atoms with E-state index in [1.165, 1.54) is 0 Å². The van der Waals surface area contributed by atoms with Crippen molar-refractivity contribution in [3.63, 3.8) is 0 Å². The Morgan fingerprint density at radius 1 is 1.27 bits per heavy atom. The van der Waals surface area contributed by atoms with Crippen LogP contribution >= 0.6 is 0 Å². The van der Waals surface area contributed by atoms with Gasteiger partial charge < -0.3 is 14.8 Å². The van der Waals surface area contributed by atoms with Crippen molar-refractivity contribution in [2.75, 3.05) is 13.2 Å². The maximum Gasteiger partial charge on any atom is 0.272 e. The minimum atomic E-state index is -0.184. The number of fused-ring (bicyclic) bond motifs is 1. The number of carbonyl (C=O) groups is 1. The van der Waals surface area contributed by atoms with E-state index in [2.05, 4.69) is 10.4 Å². The zero-order valence-corrected chi connectivity index (χ0v) is 12.8. The lowest BCUT2D eigenvalue weighted by molar-refractivity contribution is 0.0945. The summed E-state index contributed by atoms with van der Waals surface area (Å²) in [5.74, 6) is 1.31. The van der Waals surface area contributed by atoms with Gasteiger partial charge in [-0.3, -0.25) is 9.48 Å². The maximum atomic E-state index is 12.1. The lowest BCUT2D eigenvalue weighted by atomic mass is 10.2. The van der Waals surface area contributed by atoms with Gasteiger partial charge in [-0.25, -0.2) is 0 Å². The van der Waals surface area contributed by atoms with Crippen molar-refractivity contribution in [3.05, 3.63) is 41.2 Å². The summed E-state index contributed by atoms with van der Waals surface area (Å²) in [6.45, 7) is 3.65. The molecule has 0 saturated carbocycles. The number of carbonyl (C=O) groups excluding carboxylic acids is 1. The second-order valence-electron chi connectivity index (χ2n) is 5.31. The highest BCUT2D eigenvalue weighted by Gasteiger charge is 2.13. The molecule has 0 radical (unpaired) electrons. The minimum absolute atomic E-state index is 0.184. The first kappa shape index (κ1) is 14.4. The molecule has 0 aliphatic carbocycles. The molecule has 1 aliphatic rings. The van der Waals surface area contributed by atoms with E-state index in [-0.39, 0.29) is 5.91 Å². The Kier molecular flexibility index (Phi) is 4.00. The van der Waals surface area contributed by atoms with E-state index in [4.69, 9.17) is 9.47 Å². The van der Waals surface area contributed by atoms with E-state index in [1.54, 1.807) is 10.7 Å². The average Bonchev–Trinajstić information content (AvgIpc) is 2.73. The zero-order valence-electron chi connectivity index (χ0n) is 12.8. The number of nitrogens with one attached hydrogen (secondary N) is 1. The van der Waals surface area contributed by atoms with Crippen molar-refractivity contribution < 1.29 is 14.3 Å². The van der Waals surface area contributed by atoms with Crippen molar-refractivity contribution in [2.24, 2.45) is 7.05 Å². The third kappa shape index (κ3) is 3.05. The van der Waals surface area contributed by atoms with Crippen LogP contribution in [0.5, 0.6) is 11.5 Å². The Morgan fingerprint density at radius 2 is 2.05 bits per heavy atom. The number of aromatic nitrogens is 2. The Labute approximate surface area is 129 Å². The average molecular weight is 301 g/mol. The Hall–Kier alpha value is -2.50. The number of hydrogen-bond acceptors (Lipinski definition) is 4. The predicted molar refractivity (Wildman–Crippen MR) is 81.2 cm³/mol. The highest BCUT2D eigenvalue weighted by molar-refractivity contribution is 5.92. The van der Waals surface area contributed by atoms with E-state index in [1.807, 2.05) is 32.2 Å². The summed E-state index contributed by atoms with van der Waals surface area (Å²) < 4.78 is 12.9. The van der Waals surface area contributed by atoms with Gasteiger partial charge in [-0.05, 0) is 30.7 Å². The number of benzene rings is 1. The molecule has 1 aliphatic heterocycles. The number of aryl methyl sites for hydroxylation is 2. The van der Waals surface area contributed by atoms with Crippen molar-refractivity contribution in [3.8, 4) is 11.5 Å². The first-order valence-corrected chi connectivity index (χ1v) is 7.31. The molecule has 0 bridgehead atoms. The monoisotopic (exact) mass is 301 g/mol. The summed E-state index contributed by atoms with van der Waals surface area (Å²) in [6.07, 6.45) is 0.875. The number of ether oxygens (including phenoxy) is 2. The summed E-state index contributed by atoms with van der Waals surface area (Å²) in [5.41, 5.74) is 2.33. The van der Waals surface area contributed by atoms with Crippen LogP contribution in [0.1, 0.15) is 28.2 Å². The van der Waals surface area contributed by atoms with Crippen LogP contribution in [0.2, 0.25) is 0 Å². The molecule has 1 aromatic carbocycles. The quantitative estimate of drug-likeness (QED) is 0.939. The van der Waals surface area contributed by atoms with E-state index in [0.29, 0.717) is 25.5 Å². The van der Waals surface area contributed by atoms with E-state index in [0.717, 1.165) is 29.2 Å². The molecule has 0 fully saturated rings. The summed E-state index contributed by atoms with van der Waals surface area (Å²) in [4.78, 5) is 12.1. The number of hydrogen-bond donors (Lipinski definition) is 1. The van der Waals surface area contributed by atoms with Crippen LogP contribution in [0.25, 0.3) is 0 Å². The summed E-state index contributed by atoms with van der Waals surface area (Å²) >= 11 is 0. The smallest absolute Gasteiger partial charge is 0.272 e. The molecular formula is C16H19N3O3. The molecule has 0 spiro atoms. The number of nitrogens with zero attached hydrogens (tertiary/aromatic N) is 2. The number of rotatable bonds is 3. The van der Waals surface area contributed by atoms with Gasteiger partial charge in [-0.15, -0.1) is 0 Å². The van der Waals surface area contributed by atoms with Gasteiger partial charge in [0.15, 0.2) is 11.5 Å². The van der Waals surface area contributed by atoms with E-state index in [9.17, 15) is 4.79 Å². The molecule has 2 aromatic rings. The molecule has 2 heterocycles. The minimum Gasteiger partial charge on any atom is -0.490 e. The fourth-order valence-electron chi connectivity index (χ4n) is 2.26. The normalized spacial score (nSPS) is 13.5. The van der Waals surface area contributed by atoms with Crippen molar-refractivity contribution >= 4 is 5.91 Å². The standard InChI is InChI=1S/C16H19N3O3/c1-11-8-13(18-19(11)2)16(20)17-10-12-4-5-14-15(9-12)22-7-3-6-21-14/h4-5,8-9H,3,6-7,10H2,1-2H3,(H,17,20). The van der Waals surface area contributed by atoms with Gasteiger partial charge in [0.1, 0.15) is 5.69 Å². The van der Waals surface area contributed by atoms with Crippen LogP contribution in [0.4, 0.5) is 0 Å². The zero-order chi connectivity index (χ0) is 15.5. The maximum absolute atomic E-state index is 12.1. The van der Waals surface area contributed by atoms with Gasteiger partial charge >= 0.3 is 0 Å². The third-order valence-corrected chi connectivity index (χ3v) is 3.61. The van der Waals surface area contributed by atoms with Gasteiger partial charge in [-0.1, -0.05) is 6.07 Å². The Balaban J connectivity index is 1.66. The highest BCUT2D eigenvalue weighted by Crippen LogP contribution is 2.30. The molecule has 6 heteroatoms. The first-order chi connectivity index (χ1) is 10.6.